The summed E-state index contributed by atoms with van der Waals surface area (Å²) in [7, 11) is 0. The smallest absolute Gasteiger partial charge is 0.122 e. The first-order valence-electron chi connectivity index (χ1n) is 6.63. The molecule has 1 aliphatic rings. The second-order valence-corrected chi connectivity index (χ2v) is 6.37. The van der Waals surface area contributed by atoms with Crippen LogP contribution in [0.3, 0.4) is 0 Å². The fourth-order valence-electron chi connectivity index (χ4n) is 2.38. The van der Waals surface area contributed by atoms with Gasteiger partial charge in [0.25, 0.3) is 0 Å². The maximum absolute atomic E-state index is 6.06. The molecule has 0 spiro atoms. The number of nitrogen functional groups attached to an aromatic ring is 1. The van der Waals surface area contributed by atoms with E-state index >= 15 is 0 Å². The van der Waals surface area contributed by atoms with E-state index < -0.39 is 0 Å². The molecule has 0 amide bonds. The highest BCUT2D eigenvalue weighted by molar-refractivity contribution is 7.99. The maximum Gasteiger partial charge on any atom is 0.122 e. The monoisotopic (exact) mass is 305 g/mol. The highest BCUT2D eigenvalue weighted by Crippen LogP contribution is 2.37. The molecule has 1 heterocycles. The molecule has 4 heteroatoms. The van der Waals surface area contributed by atoms with Gasteiger partial charge < -0.3 is 10.5 Å². The zero-order valence-corrected chi connectivity index (χ0v) is 12.6. The van der Waals surface area contributed by atoms with E-state index in [0.29, 0.717) is 16.6 Å². The summed E-state index contributed by atoms with van der Waals surface area (Å²) in [4.78, 5) is 1.16. The van der Waals surface area contributed by atoms with Gasteiger partial charge >= 0.3 is 0 Å². The number of hydrogen-bond donors (Lipinski definition) is 1. The third kappa shape index (κ3) is 2.89. The molecule has 3 rings (SSSR count). The van der Waals surface area contributed by atoms with Crippen LogP contribution in [0.4, 0.5) is 5.69 Å². The van der Waals surface area contributed by atoms with Gasteiger partial charge in [-0.1, -0.05) is 29.8 Å². The predicted octanol–water partition coefficient (Wildman–Crippen LogP) is 4.58. The normalized spacial score (nSPS) is 17.4. The molecule has 0 aliphatic carbocycles. The number of benzene rings is 2. The lowest BCUT2D eigenvalue weighted by molar-refractivity contribution is 0.273. The van der Waals surface area contributed by atoms with Gasteiger partial charge in [0.15, 0.2) is 0 Å². The lowest BCUT2D eigenvalue weighted by Gasteiger charge is -2.25. The van der Waals surface area contributed by atoms with Crippen LogP contribution in [0, 0.1) is 0 Å². The van der Waals surface area contributed by atoms with Crippen molar-refractivity contribution in [1.82, 2.24) is 0 Å². The summed E-state index contributed by atoms with van der Waals surface area (Å²) in [6, 6.07) is 14.1. The van der Waals surface area contributed by atoms with Crippen molar-refractivity contribution < 1.29 is 4.74 Å². The number of fused-ring (bicyclic) bond motifs is 1. The van der Waals surface area contributed by atoms with Crippen LogP contribution >= 0.6 is 23.4 Å². The highest BCUT2D eigenvalue weighted by atomic mass is 35.5. The lowest BCUT2D eigenvalue weighted by atomic mass is 9.95. The molecule has 1 unspecified atom stereocenters. The molecule has 2 N–H and O–H groups in total. The quantitative estimate of drug-likeness (QED) is 0.666. The van der Waals surface area contributed by atoms with Crippen molar-refractivity contribution >= 4 is 29.1 Å². The Bertz CT molecular complexity index is 617. The maximum atomic E-state index is 6.06. The summed E-state index contributed by atoms with van der Waals surface area (Å²) in [5, 5.41) is 0.627. The SMILES string of the molecule is Nc1ccc(SCC2CCOc3ccccc32)cc1Cl. The number of para-hydroxylation sites is 1. The van der Waals surface area contributed by atoms with E-state index in [4.69, 9.17) is 22.1 Å². The van der Waals surface area contributed by atoms with Gasteiger partial charge in [-0.05, 0) is 36.2 Å². The van der Waals surface area contributed by atoms with Gasteiger partial charge in [-0.2, -0.15) is 0 Å². The first kappa shape index (κ1) is 13.7. The van der Waals surface area contributed by atoms with Gasteiger partial charge in [0.05, 0.1) is 17.3 Å². The van der Waals surface area contributed by atoms with Crippen molar-refractivity contribution in [3.63, 3.8) is 0 Å². The van der Waals surface area contributed by atoms with Crippen molar-refractivity contribution in [2.24, 2.45) is 0 Å². The van der Waals surface area contributed by atoms with Crippen LogP contribution < -0.4 is 10.5 Å². The number of ether oxygens (including phenoxy) is 1. The van der Waals surface area contributed by atoms with Gasteiger partial charge in [0, 0.05) is 16.6 Å². The number of hydrogen-bond acceptors (Lipinski definition) is 3. The molecule has 0 saturated carbocycles. The summed E-state index contributed by atoms with van der Waals surface area (Å²) >= 11 is 7.88. The Labute approximate surface area is 128 Å². The van der Waals surface area contributed by atoms with E-state index in [9.17, 15) is 0 Å². The van der Waals surface area contributed by atoms with Crippen LogP contribution in [0.25, 0.3) is 0 Å². The molecule has 1 atom stereocenters. The standard InChI is InChI=1S/C16H16ClNOS/c17-14-9-12(5-6-15(14)18)20-10-11-7-8-19-16-4-2-1-3-13(11)16/h1-6,9,11H,7-8,10,18H2. The van der Waals surface area contributed by atoms with Crippen molar-refractivity contribution in [3.05, 3.63) is 53.1 Å². The van der Waals surface area contributed by atoms with Crippen LogP contribution in [0.5, 0.6) is 5.75 Å². The minimum atomic E-state index is 0.529. The van der Waals surface area contributed by atoms with Crippen molar-refractivity contribution in [2.45, 2.75) is 17.2 Å². The topological polar surface area (TPSA) is 35.2 Å². The van der Waals surface area contributed by atoms with Gasteiger partial charge in [-0.25, -0.2) is 0 Å². The van der Waals surface area contributed by atoms with E-state index in [1.54, 1.807) is 0 Å². The third-order valence-corrected chi connectivity index (χ3v) is 4.99. The molecule has 20 heavy (non-hydrogen) atoms. The van der Waals surface area contributed by atoms with Crippen LogP contribution in [-0.2, 0) is 0 Å². The van der Waals surface area contributed by atoms with Crippen LogP contribution in [0.15, 0.2) is 47.4 Å². The van der Waals surface area contributed by atoms with E-state index in [2.05, 4.69) is 12.1 Å². The Hall–Kier alpha value is -1.32. The summed E-state index contributed by atoms with van der Waals surface area (Å²) in [6.45, 7) is 0.796. The van der Waals surface area contributed by atoms with Crippen molar-refractivity contribution in [3.8, 4) is 5.75 Å². The van der Waals surface area contributed by atoms with Crippen LogP contribution in [-0.4, -0.2) is 12.4 Å². The molecule has 2 aromatic carbocycles. The highest BCUT2D eigenvalue weighted by Gasteiger charge is 2.21. The van der Waals surface area contributed by atoms with Gasteiger partial charge in [0.1, 0.15) is 5.75 Å². The Morgan fingerprint density at radius 1 is 1.25 bits per heavy atom. The summed E-state index contributed by atoms with van der Waals surface area (Å²) in [5.74, 6) is 2.58. The Balaban J connectivity index is 1.71. The van der Waals surface area contributed by atoms with Crippen LogP contribution in [0.2, 0.25) is 5.02 Å². The first-order valence-corrected chi connectivity index (χ1v) is 8.00. The van der Waals surface area contributed by atoms with E-state index in [0.717, 1.165) is 29.4 Å². The van der Waals surface area contributed by atoms with E-state index in [1.165, 1.54) is 5.56 Å². The van der Waals surface area contributed by atoms with Crippen molar-refractivity contribution in [1.29, 1.82) is 0 Å². The fraction of sp³-hybridized carbons (Fsp3) is 0.250. The number of thioether (sulfide) groups is 1. The molecule has 104 valence electrons. The number of nitrogens with two attached hydrogens (primary N) is 1. The summed E-state index contributed by atoms with van der Waals surface area (Å²) in [6.07, 6.45) is 1.06. The van der Waals surface area contributed by atoms with E-state index in [1.807, 2.05) is 42.1 Å². The average Bonchev–Trinajstić information content (AvgIpc) is 2.48. The largest absolute Gasteiger partial charge is 0.493 e. The second kappa shape index (κ2) is 5.98. The second-order valence-electron chi connectivity index (χ2n) is 4.87. The Morgan fingerprint density at radius 3 is 2.95 bits per heavy atom. The summed E-state index contributed by atoms with van der Waals surface area (Å²) < 4.78 is 5.69. The summed E-state index contributed by atoms with van der Waals surface area (Å²) in [5.41, 5.74) is 7.68. The molecule has 0 bridgehead atoms. The molecule has 0 radical (unpaired) electrons. The molecule has 0 saturated heterocycles. The molecular formula is C16H16ClNOS. The number of anilines is 1. The zero-order chi connectivity index (χ0) is 13.9. The minimum Gasteiger partial charge on any atom is -0.493 e. The minimum absolute atomic E-state index is 0.529. The molecule has 2 nitrogen and oxygen atoms in total. The molecule has 1 aliphatic heterocycles. The van der Waals surface area contributed by atoms with Crippen molar-refractivity contribution in [2.75, 3.05) is 18.1 Å². The number of halogens is 1. The molecule has 0 aromatic heterocycles. The van der Waals surface area contributed by atoms with Crippen LogP contribution in [0.1, 0.15) is 17.9 Å². The Morgan fingerprint density at radius 2 is 2.10 bits per heavy atom. The average molecular weight is 306 g/mol. The molecule has 0 fully saturated rings. The zero-order valence-electron chi connectivity index (χ0n) is 11.0. The third-order valence-electron chi connectivity index (χ3n) is 3.51. The lowest BCUT2D eigenvalue weighted by Crippen LogP contribution is -2.15. The van der Waals surface area contributed by atoms with Gasteiger partial charge in [-0.15, -0.1) is 11.8 Å². The fourth-order valence-corrected chi connectivity index (χ4v) is 3.73. The Kier molecular flexibility index (Phi) is 4.08. The molecular weight excluding hydrogens is 290 g/mol. The molecule has 2 aromatic rings. The first-order chi connectivity index (χ1) is 9.74. The number of rotatable bonds is 3. The van der Waals surface area contributed by atoms with E-state index in [-0.39, 0.29) is 0 Å². The predicted molar refractivity (Wildman–Crippen MR) is 85.9 cm³/mol. The van der Waals surface area contributed by atoms with Gasteiger partial charge in [-0.3, -0.25) is 0 Å². The van der Waals surface area contributed by atoms with Gasteiger partial charge in [0.2, 0.25) is 0 Å².